The van der Waals surface area contributed by atoms with E-state index in [-0.39, 0.29) is 6.03 Å². The average Bonchev–Trinajstić information content (AvgIpc) is 2.86. The monoisotopic (exact) mass is 348 g/mol. The highest BCUT2D eigenvalue weighted by Crippen LogP contribution is 2.13. The highest BCUT2D eigenvalue weighted by atomic mass is 32.2. The van der Waals surface area contributed by atoms with Crippen molar-refractivity contribution >= 4 is 16.8 Å². The van der Waals surface area contributed by atoms with Crippen molar-refractivity contribution in [1.29, 1.82) is 0 Å². The van der Waals surface area contributed by atoms with Gasteiger partial charge in [0, 0.05) is 41.6 Å². The molecule has 0 bridgehead atoms. The lowest BCUT2D eigenvalue weighted by Gasteiger charge is -2.08. The molecule has 0 fully saturated rings. The van der Waals surface area contributed by atoms with Crippen molar-refractivity contribution in [2.75, 3.05) is 25.1 Å². The summed E-state index contributed by atoms with van der Waals surface area (Å²) in [6, 6.07) is 9.98. The summed E-state index contributed by atoms with van der Waals surface area (Å²) in [5.41, 5.74) is 4.28. The number of hydrogen-bond donors (Lipinski definition) is 2. The van der Waals surface area contributed by atoms with E-state index in [1.807, 2.05) is 48.9 Å². The Morgan fingerprint density at radius 3 is 2.42 bits per heavy atom. The van der Waals surface area contributed by atoms with Gasteiger partial charge in [-0.25, -0.2) is 9.48 Å². The predicted molar refractivity (Wildman–Crippen MR) is 97.1 cm³/mol. The van der Waals surface area contributed by atoms with Gasteiger partial charge >= 0.3 is 6.03 Å². The molecule has 0 unspecified atom stereocenters. The molecular weight excluding hydrogens is 324 g/mol. The summed E-state index contributed by atoms with van der Waals surface area (Å²) in [5, 5.41) is 9.95. The lowest BCUT2D eigenvalue weighted by molar-refractivity contribution is 0.241. The van der Waals surface area contributed by atoms with Crippen LogP contribution in [0.15, 0.2) is 30.3 Å². The van der Waals surface area contributed by atoms with Gasteiger partial charge in [-0.3, -0.25) is 4.21 Å². The molecule has 24 heavy (non-hydrogen) atoms. The Morgan fingerprint density at radius 2 is 1.83 bits per heavy atom. The number of nitrogens with one attached hydrogen (secondary N) is 2. The smallest absolute Gasteiger partial charge is 0.314 e. The summed E-state index contributed by atoms with van der Waals surface area (Å²) >= 11 is 0. The van der Waals surface area contributed by atoms with Crippen LogP contribution < -0.4 is 10.6 Å². The Kier molecular flexibility index (Phi) is 6.54. The number of benzene rings is 1. The minimum Gasteiger partial charge on any atom is -0.338 e. The molecule has 0 radical (unpaired) electrons. The molecule has 1 aromatic heterocycles. The van der Waals surface area contributed by atoms with Crippen LogP contribution in [0.3, 0.4) is 0 Å². The number of carbonyl (C=O) groups is 1. The van der Waals surface area contributed by atoms with E-state index < -0.39 is 10.8 Å². The number of carbonyl (C=O) groups excluding carboxylic acids is 1. The first kappa shape index (κ1) is 18.2. The van der Waals surface area contributed by atoms with Gasteiger partial charge in [-0.2, -0.15) is 5.10 Å². The van der Waals surface area contributed by atoms with E-state index in [0.717, 1.165) is 29.1 Å². The first-order valence-electron chi connectivity index (χ1n) is 7.90. The topological polar surface area (TPSA) is 76.0 Å². The number of hydrogen-bond acceptors (Lipinski definition) is 3. The third-order valence-corrected chi connectivity index (χ3v) is 4.34. The van der Waals surface area contributed by atoms with Crippen molar-refractivity contribution in [2.24, 2.45) is 0 Å². The van der Waals surface area contributed by atoms with Gasteiger partial charge in [0.1, 0.15) is 0 Å². The zero-order valence-electron chi connectivity index (χ0n) is 14.3. The summed E-state index contributed by atoms with van der Waals surface area (Å²) in [6.07, 6.45) is 2.37. The van der Waals surface area contributed by atoms with Gasteiger partial charge in [0.05, 0.1) is 11.4 Å². The van der Waals surface area contributed by atoms with Crippen LogP contribution in [0.1, 0.15) is 17.0 Å². The van der Waals surface area contributed by atoms with Crippen molar-refractivity contribution < 1.29 is 9.00 Å². The van der Waals surface area contributed by atoms with Crippen LogP contribution >= 0.6 is 0 Å². The standard InChI is InChI=1S/C17H24N4O2S/c1-13-12-14(2)21(20-13)16-6-4-15(5-7-16)8-9-18-17(22)19-10-11-24(3)23/h4-7,12H,8-11H2,1-3H3,(H2,18,19,22)/t24-/m0/s1. The molecule has 1 heterocycles. The van der Waals surface area contributed by atoms with Crippen molar-refractivity contribution in [1.82, 2.24) is 20.4 Å². The zero-order valence-corrected chi connectivity index (χ0v) is 15.2. The van der Waals surface area contributed by atoms with Crippen molar-refractivity contribution in [3.8, 4) is 5.69 Å². The van der Waals surface area contributed by atoms with E-state index in [1.165, 1.54) is 0 Å². The molecule has 2 N–H and O–H groups in total. The van der Waals surface area contributed by atoms with Gasteiger partial charge in [0.2, 0.25) is 0 Å². The van der Waals surface area contributed by atoms with Gasteiger partial charge in [-0.1, -0.05) is 12.1 Å². The second kappa shape index (κ2) is 8.63. The number of nitrogens with zero attached hydrogens (tertiary/aromatic N) is 2. The van der Waals surface area contributed by atoms with Crippen LogP contribution in [0.25, 0.3) is 5.69 Å². The van der Waals surface area contributed by atoms with Gasteiger partial charge in [-0.15, -0.1) is 0 Å². The van der Waals surface area contributed by atoms with Crippen LogP contribution in [0.5, 0.6) is 0 Å². The summed E-state index contributed by atoms with van der Waals surface area (Å²) < 4.78 is 12.8. The van der Waals surface area contributed by atoms with Gasteiger partial charge in [-0.05, 0) is 44.0 Å². The fraction of sp³-hybridized carbons (Fsp3) is 0.412. The SMILES string of the molecule is Cc1cc(C)n(-c2ccc(CCNC(=O)NCC[S@](C)=O)cc2)n1. The quantitative estimate of drug-likeness (QED) is 0.800. The van der Waals surface area contributed by atoms with Crippen molar-refractivity contribution in [3.63, 3.8) is 0 Å². The molecule has 0 aliphatic carbocycles. The Balaban J connectivity index is 1.79. The fourth-order valence-electron chi connectivity index (χ4n) is 2.39. The van der Waals surface area contributed by atoms with Crippen LogP contribution in [0.2, 0.25) is 0 Å². The minimum absolute atomic E-state index is 0.222. The Bertz CT molecular complexity index is 710. The van der Waals surface area contributed by atoms with E-state index in [9.17, 15) is 9.00 Å². The second-order valence-electron chi connectivity index (χ2n) is 5.72. The van der Waals surface area contributed by atoms with Crippen LogP contribution in [0.4, 0.5) is 4.79 Å². The molecule has 2 rings (SSSR count). The van der Waals surface area contributed by atoms with Crippen LogP contribution in [0, 0.1) is 13.8 Å². The highest BCUT2D eigenvalue weighted by Gasteiger charge is 2.04. The molecule has 7 heteroatoms. The van der Waals surface area contributed by atoms with E-state index in [2.05, 4.69) is 15.7 Å². The van der Waals surface area contributed by atoms with E-state index in [1.54, 1.807) is 6.26 Å². The third kappa shape index (κ3) is 5.49. The molecule has 1 aromatic carbocycles. The summed E-state index contributed by atoms with van der Waals surface area (Å²) in [7, 11) is -0.885. The predicted octanol–water partition coefficient (Wildman–Crippen LogP) is 1.71. The second-order valence-corrected chi connectivity index (χ2v) is 7.27. The maximum Gasteiger partial charge on any atom is 0.314 e. The third-order valence-electron chi connectivity index (χ3n) is 3.56. The van der Waals surface area contributed by atoms with E-state index >= 15 is 0 Å². The average molecular weight is 348 g/mol. The van der Waals surface area contributed by atoms with Gasteiger partial charge in [0.15, 0.2) is 0 Å². The summed E-state index contributed by atoms with van der Waals surface area (Å²) in [5.74, 6) is 0.473. The first-order chi connectivity index (χ1) is 11.5. The molecule has 0 saturated heterocycles. The molecule has 0 aliphatic heterocycles. The Labute approximate surface area is 145 Å². The molecule has 0 spiro atoms. The molecule has 0 aliphatic rings. The minimum atomic E-state index is -0.885. The van der Waals surface area contributed by atoms with E-state index in [4.69, 9.17) is 0 Å². The van der Waals surface area contributed by atoms with Gasteiger partial charge < -0.3 is 10.6 Å². The summed E-state index contributed by atoms with van der Waals surface area (Å²) in [4.78, 5) is 11.6. The molecule has 1 atom stereocenters. The maximum atomic E-state index is 11.6. The Hall–Kier alpha value is -2.15. The van der Waals surface area contributed by atoms with E-state index in [0.29, 0.717) is 18.8 Å². The molecule has 6 nitrogen and oxygen atoms in total. The molecule has 2 aromatic rings. The fourth-order valence-corrected chi connectivity index (χ4v) is 2.77. The molecule has 0 saturated carbocycles. The van der Waals surface area contributed by atoms with Crippen LogP contribution in [-0.4, -0.2) is 45.1 Å². The number of urea groups is 1. The number of aromatic nitrogens is 2. The lowest BCUT2D eigenvalue weighted by Crippen LogP contribution is -2.38. The zero-order chi connectivity index (χ0) is 17.5. The largest absolute Gasteiger partial charge is 0.338 e. The molecular formula is C17H24N4O2S. The van der Waals surface area contributed by atoms with Crippen molar-refractivity contribution in [2.45, 2.75) is 20.3 Å². The number of rotatable bonds is 7. The summed E-state index contributed by atoms with van der Waals surface area (Å²) in [6.45, 7) is 4.99. The number of amides is 2. The molecule has 130 valence electrons. The lowest BCUT2D eigenvalue weighted by atomic mass is 10.1. The first-order valence-corrected chi connectivity index (χ1v) is 9.63. The van der Waals surface area contributed by atoms with Crippen molar-refractivity contribution in [3.05, 3.63) is 47.3 Å². The van der Waals surface area contributed by atoms with Crippen LogP contribution in [-0.2, 0) is 17.2 Å². The number of aryl methyl sites for hydroxylation is 2. The molecule has 2 amide bonds. The Morgan fingerprint density at radius 1 is 1.17 bits per heavy atom. The normalized spacial score (nSPS) is 12.0. The highest BCUT2D eigenvalue weighted by molar-refractivity contribution is 7.84. The van der Waals surface area contributed by atoms with Gasteiger partial charge in [0.25, 0.3) is 0 Å². The maximum absolute atomic E-state index is 11.6.